The maximum absolute atomic E-state index is 12.3. The second-order valence-corrected chi connectivity index (χ2v) is 4.04. The topological polar surface area (TPSA) is 62.3 Å². The third kappa shape index (κ3) is 1.35. The number of para-hydroxylation sites is 1. The molecule has 0 unspecified atom stereocenters. The van der Waals surface area contributed by atoms with E-state index in [-0.39, 0.29) is 16.6 Å². The van der Waals surface area contributed by atoms with Gasteiger partial charge in [0.25, 0.3) is 0 Å². The Labute approximate surface area is 102 Å². The van der Waals surface area contributed by atoms with Gasteiger partial charge < -0.3 is 14.8 Å². The van der Waals surface area contributed by atoms with Gasteiger partial charge in [-0.1, -0.05) is 12.1 Å². The molecule has 3 rings (SSSR count). The summed E-state index contributed by atoms with van der Waals surface area (Å²) in [4.78, 5) is 15.5. The maximum atomic E-state index is 12.3. The first-order valence-electron chi connectivity index (χ1n) is 5.53. The summed E-state index contributed by atoms with van der Waals surface area (Å²) in [6.45, 7) is 0. The largest absolute Gasteiger partial charge is 0.507 e. The van der Waals surface area contributed by atoms with Gasteiger partial charge in [0.15, 0.2) is 0 Å². The Balaban J connectivity index is 2.63. The Bertz CT molecular complexity index is 805. The van der Waals surface area contributed by atoms with Gasteiger partial charge in [-0.3, -0.25) is 4.79 Å². The summed E-state index contributed by atoms with van der Waals surface area (Å²) in [5, 5.41) is 10.7. The van der Waals surface area contributed by atoms with Crippen molar-refractivity contribution in [1.29, 1.82) is 0 Å². The predicted molar refractivity (Wildman–Crippen MR) is 70.3 cm³/mol. The van der Waals surface area contributed by atoms with Gasteiger partial charge in [0.2, 0.25) is 5.43 Å². The van der Waals surface area contributed by atoms with Crippen LogP contribution in [0.2, 0.25) is 0 Å². The highest BCUT2D eigenvalue weighted by atomic mass is 16.5. The number of rotatable bonds is 1. The number of H-pyrrole nitrogens is 1. The average molecular weight is 241 g/mol. The van der Waals surface area contributed by atoms with Crippen LogP contribution in [0.1, 0.15) is 0 Å². The molecule has 90 valence electrons. The number of ether oxygens (including phenoxy) is 1. The van der Waals surface area contributed by atoms with Gasteiger partial charge >= 0.3 is 0 Å². The number of methoxy groups -OCH3 is 1. The number of benzene rings is 2. The van der Waals surface area contributed by atoms with Crippen molar-refractivity contribution in [3.63, 3.8) is 0 Å². The van der Waals surface area contributed by atoms with Crippen molar-refractivity contribution in [2.75, 3.05) is 7.11 Å². The molecule has 0 saturated heterocycles. The van der Waals surface area contributed by atoms with Crippen LogP contribution in [-0.2, 0) is 0 Å². The summed E-state index contributed by atoms with van der Waals surface area (Å²) in [6, 6.07) is 10.3. The second kappa shape index (κ2) is 3.77. The lowest BCUT2D eigenvalue weighted by Gasteiger charge is -2.08. The fourth-order valence-electron chi connectivity index (χ4n) is 2.16. The molecule has 0 fully saturated rings. The van der Waals surface area contributed by atoms with Crippen LogP contribution in [-0.4, -0.2) is 17.2 Å². The van der Waals surface area contributed by atoms with E-state index in [4.69, 9.17) is 4.74 Å². The summed E-state index contributed by atoms with van der Waals surface area (Å²) in [7, 11) is 1.53. The number of fused-ring (bicyclic) bond motifs is 2. The molecule has 2 N–H and O–H groups in total. The fraction of sp³-hybridized carbons (Fsp3) is 0.0714. The van der Waals surface area contributed by atoms with Crippen molar-refractivity contribution in [2.24, 2.45) is 0 Å². The molecule has 4 nitrogen and oxygen atoms in total. The molecule has 0 amide bonds. The summed E-state index contributed by atoms with van der Waals surface area (Å²) >= 11 is 0. The quantitative estimate of drug-likeness (QED) is 0.643. The summed E-state index contributed by atoms with van der Waals surface area (Å²) < 4.78 is 5.21. The molecule has 0 spiro atoms. The first-order valence-corrected chi connectivity index (χ1v) is 5.53. The summed E-state index contributed by atoms with van der Waals surface area (Å²) in [5.74, 6) is 0.489. The molecule has 0 radical (unpaired) electrons. The smallest absolute Gasteiger partial charge is 0.201 e. The molecular weight excluding hydrogens is 230 g/mol. The zero-order valence-electron chi connectivity index (χ0n) is 9.73. The fourth-order valence-corrected chi connectivity index (χ4v) is 2.16. The number of phenolic OH excluding ortho intramolecular Hbond substituents is 1. The van der Waals surface area contributed by atoms with Gasteiger partial charge in [-0.2, -0.15) is 0 Å². The molecule has 18 heavy (non-hydrogen) atoms. The number of aromatic nitrogens is 1. The molecule has 4 heteroatoms. The van der Waals surface area contributed by atoms with Crippen LogP contribution >= 0.6 is 0 Å². The van der Waals surface area contributed by atoms with Gasteiger partial charge in [0.1, 0.15) is 11.5 Å². The van der Waals surface area contributed by atoms with E-state index in [9.17, 15) is 9.90 Å². The monoisotopic (exact) mass is 241 g/mol. The normalized spacial score (nSPS) is 10.9. The number of nitrogens with one attached hydrogen (secondary N) is 1. The first-order chi connectivity index (χ1) is 8.72. The minimum atomic E-state index is -0.198. The number of hydrogen-bond donors (Lipinski definition) is 2. The van der Waals surface area contributed by atoms with Crippen LogP contribution in [0.15, 0.2) is 41.2 Å². The van der Waals surface area contributed by atoms with Crippen LogP contribution in [0.4, 0.5) is 0 Å². The van der Waals surface area contributed by atoms with E-state index in [1.165, 1.54) is 13.2 Å². The molecule has 1 heterocycles. The Hall–Kier alpha value is -2.49. The Morgan fingerprint density at radius 3 is 2.72 bits per heavy atom. The number of hydrogen-bond acceptors (Lipinski definition) is 3. The molecule has 0 aliphatic rings. The Kier molecular flexibility index (Phi) is 2.23. The van der Waals surface area contributed by atoms with Crippen molar-refractivity contribution in [3.8, 4) is 11.5 Å². The van der Waals surface area contributed by atoms with Gasteiger partial charge in [-0.15, -0.1) is 0 Å². The lowest BCUT2D eigenvalue weighted by atomic mass is 10.1. The van der Waals surface area contributed by atoms with Crippen molar-refractivity contribution < 1.29 is 9.84 Å². The van der Waals surface area contributed by atoms with Crippen molar-refractivity contribution in [3.05, 3.63) is 46.6 Å². The minimum Gasteiger partial charge on any atom is -0.507 e. The minimum absolute atomic E-state index is 0.0437. The zero-order valence-corrected chi connectivity index (χ0v) is 9.73. The second-order valence-electron chi connectivity index (χ2n) is 4.04. The summed E-state index contributed by atoms with van der Waals surface area (Å²) in [6.07, 6.45) is 0. The van der Waals surface area contributed by atoms with Gasteiger partial charge in [0.05, 0.1) is 18.0 Å². The van der Waals surface area contributed by atoms with E-state index in [0.717, 1.165) is 5.52 Å². The molecule has 2 aromatic carbocycles. The molecule has 1 aromatic heterocycles. The van der Waals surface area contributed by atoms with E-state index in [1.54, 1.807) is 18.2 Å². The molecule has 0 atom stereocenters. The van der Waals surface area contributed by atoms with Gasteiger partial charge in [-0.25, -0.2) is 0 Å². The van der Waals surface area contributed by atoms with E-state index in [2.05, 4.69) is 4.98 Å². The zero-order chi connectivity index (χ0) is 12.7. The first kappa shape index (κ1) is 10.7. The average Bonchev–Trinajstić information content (AvgIpc) is 2.39. The lowest BCUT2D eigenvalue weighted by Crippen LogP contribution is -2.05. The molecular formula is C14H11NO3. The molecule has 0 aliphatic carbocycles. The van der Waals surface area contributed by atoms with E-state index in [1.807, 2.05) is 12.1 Å². The van der Waals surface area contributed by atoms with Crippen LogP contribution in [0.5, 0.6) is 11.5 Å². The Morgan fingerprint density at radius 2 is 1.94 bits per heavy atom. The van der Waals surface area contributed by atoms with Crippen LogP contribution < -0.4 is 10.2 Å². The number of phenols is 1. The summed E-state index contributed by atoms with van der Waals surface area (Å²) in [5.41, 5.74) is 1.04. The van der Waals surface area contributed by atoms with Crippen LogP contribution in [0, 0.1) is 0 Å². The highest BCUT2D eigenvalue weighted by molar-refractivity contribution is 5.98. The number of aromatic hydroxyl groups is 1. The molecule has 3 aromatic rings. The SMILES string of the molecule is COc1ccc(O)c2c(=O)c3ccccc3[nH]c12. The van der Waals surface area contributed by atoms with E-state index < -0.39 is 0 Å². The third-order valence-electron chi connectivity index (χ3n) is 3.02. The predicted octanol–water partition coefficient (Wildman–Crippen LogP) is 2.40. The van der Waals surface area contributed by atoms with Gasteiger partial charge in [-0.05, 0) is 24.3 Å². The van der Waals surface area contributed by atoms with E-state index >= 15 is 0 Å². The van der Waals surface area contributed by atoms with Crippen LogP contribution in [0.25, 0.3) is 21.8 Å². The van der Waals surface area contributed by atoms with Crippen molar-refractivity contribution in [2.45, 2.75) is 0 Å². The highest BCUT2D eigenvalue weighted by Crippen LogP contribution is 2.29. The maximum Gasteiger partial charge on any atom is 0.201 e. The van der Waals surface area contributed by atoms with Crippen molar-refractivity contribution in [1.82, 2.24) is 4.98 Å². The van der Waals surface area contributed by atoms with Crippen molar-refractivity contribution >= 4 is 21.8 Å². The molecule has 0 aliphatic heterocycles. The van der Waals surface area contributed by atoms with Gasteiger partial charge in [0, 0.05) is 10.9 Å². The van der Waals surface area contributed by atoms with Crippen LogP contribution in [0.3, 0.4) is 0 Å². The van der Waals surface area contributed by atoms with E-state index in [0.29, 0.717) is 16.7 Å². The highest BCUT2D eigenvalue weighted by Gasteiger charge is 2.12. The standard InChI is InChI=1S/C14H11NO3/c1-18-11-7-6-10(16)12-13(11)15-9-5-3-2-4-8(9)14(12)17/h2-7,16H,1H3,(H,15,17). The Morgan fingerprint density at radius 1 is 1.17 bits per heavy atom. The lowest BCUT2D eigenvalue weighted by molar-refractivity contribution is 0.417. The molecule has 0 bridgehead atoms. The number of pyridine rings is 1. The number of aromatic amines is 1. The third-order valence-corrected chi connectivity index (χ3v) is 3.02. The molecule has 0 saturated carbocycles.